The second-order valence-corrected chi connectivity index (χ2v) is 5.64. The summed E-state index contributed by atoms with van der Waals surface area (Å²) in [4.78, 5) is 24.0. The molecule has 0 spiro atoms. The number of hydrogen-bond acceptors (Lipinski definition) is 4. The van der Waals surface area contributed by atoms with Crippen LogP contribution in [0.4, 0.5) is 0 Å². The Labute approximate surface area is 137 Å². The topological polar surface area (TPSA) is 76.7 Å². The first-order valence-electron chi connectivity index (χ1n) is 7.61. The Morgan fingerprint density at radius 1 is 1.09 bits per heavy atom. The van der Waals surface area contributed by atoms with E-state index in [9.17, 15) is 9.59 Å². The van der Waals surface area contributed by atoms with E-state index in [1.54, 1.807) is 7.11 Å². The summed E-state index contributed by atoms with van der Waals surface area (Å²) in [6, 6.07) is 7.17. The summed E-state index contributed by atoms with van der Waals surface area (Å²) in [5.41, 5.74) is 2.02. The number of hydrogen-bond donors (Lipinski definition) is 2. The summed E-state index contributed by atoms with van der Waals surface area (Å²) >= 11 is 0. The molecule has 2 N–H and O–H groups in total. The van der Waals surface area contributed by atoms with Crippen molar-refractivity contribution >= 4 is 11.8 Å². The summed E-state index contributed by atoms with van der Waals surface area (Å²) in [6.45, 7) is 4.59. The van der Waals surface area contributed by atoms with Crippen molar-refractivity contribution in [2.75, 3.05) is 20.8 Å². The van der Waals surface area contributed by atoms with Crippen LogP contribution in [0, 0.1) is 5.92 Å². The molecule has 0 fully saturated rings. The van der Waals surface area contributed by atoms with Crippen molar-refractivity contribution in [3.8, 4) is 0 Å². The van der Waals surface area contributed by atoms with Gasteiger partial charge in [0.05, 0.1) is 6.61 Å². The van der Waals surface area contributed by atoms with Crippen LogP contribution in [0.25, 0.3) is 0 Å². The average Bonchev–Trinajstić information content (AvgIpc) is 2.52. The van der Waals surface area contributed by atoms with Gasteiger partial charge in [0.25, 0.3) is 0 Å². The first kappa shape index (κ1) is 19.1. The van der Waals surface area contributed by atoms with Crippen molar-refractivity contribution < 1.29 is 19.1 Å². The Morgan fingerprint density at radius 3 is 2.30 bits per heavy atom. The van der Waals surface area contributed by atoms with Gasteiger partial charge >= 0.3 is 0 Å². The maximum Gasteiger partial charge on any atom is 0.246 e. The molecule has 0 radical (unpaired) electrons. The zero-order valence-corrected chi connectivity index (χ0v) is 14.2. The third kappa shape index (κ3) is 6.38. The molecule has 0 unspecified atom stereocenters. The fraction of sp³-hybridized carbons (Fsp3) is 0.529. The van der Waals surface area contributed by atoms with Crippen LogP contribution in [-0.4, -0.2) is 38.7 Å². The van der Waals surface area contributed by atoms with Gasteiger partial charge in [0.2, 0.25) is 11.8 Å². The van der Waals surface area contributed by atoms with E-state index in [0.717, 1.165) is 11.1 Å². The lowest BCUT2D eigenvalue weighted by molar-refractivity contribution is -0.132. The molecule has 0 bridgehead atoms. The van der Waals surface area contributed by atoms with Gasteiger partial charge in [-0.15, -0.1) is 0 Å². The smallest absolute Gasteiger partial charge is 0.246 e. The van der Waals surface area contributed by atoms with Crippen molar-refractivity contribution in [2.24, 2.45) is 5.92 Å². The number of rotatable bonds is 9. The molecule has 128 valence electrons. The molecule has 0 heterocycles. The van der Waals surface area contributed by atoms with E-state index < -0.39 is 6.04 Å². The van der Waals surface area contributed by atoms with Crippen molar-refractivity contribution in [3.05, 3.63) is 35.4 Å². The molecule has 0 aliphatic carbocycles. The van der Waals surface area contributed by atoms with E-state index in [1.165, 1.54) is 7.11 Å². The molecule has 23 heavy (non-hydrogen) atoms. The molecule has 6 heteroatoms. The predicted octanol–water partition coefficient (Wildman–Crippen LogP) is 1.24. The van der Waals surface area contributed by atoms with Crippen LogP contribution >= 0.6 is 0 Å². The third-order valence-electron chi connectivity index (χ3n) is 3.41. The molecule has 1 rings (SSSR count). The Morgan fingerprint density at radius 2 is 1.74 bits per heavy atom. The van der Waals surface area contributed by atoms with Crippen LogP contribution in [0.2, 0.25) is 0 Å². The van der Waals surface area contributed by atoms with E-state index in [2.05, 4.69) is 10.6 Å². The highest BCUT2D eigenvalue weighted by Crippen LogP contribution is 2.10. The van der Waals surface area contributed by atoms with Gasteiger partial charge in [-0.2, -0.15) is 0 Å². The zero-order chi connectivity index (χ0) is 17.2. The minimum absolute atomic E-state index is 0.0231. The summed E-state index contributed by atoms with van der Waals surface area (Å²) in [5.74, 6) is -0.539. The van der Waals surface area contributed by atoms with Crippen molar-refractivity contribution in [1.82, 2.24) is 10.6 Å². The standard InChI is InChI=1S/C17H26N2O4/c1-12(2)16(19-15(20)11-23-4)17(21)18-9-13-7-5-6-8-14(13)10-22-3/h5-8,12,16H,9-11H2,1-4H3,(H,18,21)(H,19,20)/t16-/m0/s1. The van der Waals surface area contributed by atoms with E-state index in [-0.39, 0.29) is 24.3 Å². The van der Waals surface area contributed by atoms with Crippen LogP contribution in [0.15, 0.2) is 24.3 Å². The normalized spacial score (nSPS) is 12.0. The molecule has 2 amide bonds. The van der Waals surface area contributed by atoms with E-state index in [1.807, 2.05) is 38.1 Å². The van der Waals surface area contributed by atoms with E-state index in [4.69, 9.17) is 9.47 Å². The number of carbonyl (C=O) groups is 2. The molecular weight excluding hydrogens is 296 g/mol. The molecule has 6 nitrogen and oxygen atoms in total. The lowest BCUT2D eigenvalue weighted by atomic mass is 10.0. The van der Waals surface area contributed by atoms with Gasteiger partial charge in [0, 0.05) is 20.8 Å². The third-order valence-corrected chi connectivity index (χ3v) is 3.41. The Balaban J connectivity index is 2.67. The fourth-order valence-electron chi connectivity index (χ4n) is 2.20. The number of nitrogens with one attached hydrogen (secondary N) is 2. The second-order valence-electron chi connectivity index (χ2n) is 5.64. The Bertz CT molecular complexity index is 517. The second kappa shape index (κ2) is 9.97. The minimum Gasteiger partial charge on any atom is -0.380 e. The molecule has 0 aliphatic rings. The van der Waals surface area contributed by atoms with Crippen molar-refractivity contribution in [1.29, 1.82) is 0 Å². The number of carbonyl (C=O) groups excluding carboxylic acids is 2. The number of amides is 2. The van der Waals surface area contributed by atoms with Gasteiger partial charge in [0.1, 0.15) is 12.6 Å². The molecule has 1 aromatic carbocycles. The summed E-state index contributed by atoms with van der Waals surface area (Å²) in [6.07, 6.45) is 0. The molecule has 0 aliphatic heterocycles. The van der Waals surface area contributed by atoms with Gasteiger partial charge in [-0.3, -0.25) is 9.59 Å². The molecule has 0 saturated carbocycles. The van der Waals surface area contributed by atoms with Crippen LogP contribution in [0.5, 0.6) is 0 Å². The van der Waals surface area contributed by atoms with Gasteiger partial charge < -0.3 is 20.1 Å². The first-order valence-corrected chi connectivity index (χ1v) is 7.61. The van der Waals surface area contributed by atoms with Gasteiger partial charge in [-0.25, -0.2) is 0 Å². The van der Waals surface area contributed by atoms with E-state index >= 15 is 0 Å². The quantitative estimate of drug-likeness (QED) is 0.717. The molecule has 0 aromatic heterocycles. The minimum atomic E-state index is -0.591. The monoisotopic (exact) mass is 322 g/mol. The van der Waals surface area contributed by atoms with Crippen LogP contribution < -0.4 is 10.6 Å². The van der Waals surface area contributed by atoms with Crippen molar-refractivity contribution in [3.63, 3.8) is 0 Å². The molecular formula is C17H26N2O4. The zero-order valence-electron chi connectivity index (χ0n) is 14.2. The Hall–Kier alpha value is -1.92. The number of methoxy groups -OCH3 is 2. The SMILES string of the molecule is COCC(=O)N[C@H](C(=O)NCc1ccccc1COC)C(C)C. The fourth-order valence-corrected chi connectivity index (χ4v) is 2.20. The lowest BCUT2D eigenvalue weighted by Crippen LogP contribution is -2.50. The summed E-state index contributed by atoms with van der Waals surface area (Å²) in [7, 11) is 3.08. The maximum absolute atomic E-state index is 12.4. The van der Waals surface area contributed by atoms with Gasteiger partial charge in [-0.05, 0) is 17.0 Å². The summed E-state index contributed by atoms with van der Waals surface area (Å²) in [5, 5.41) is 5.57. The molecule has 1 atom stereocenters. The van der Waals surface area contributed by atoms with Gasteiger partial charge in [-0.1, -0.05) is 38.1 Å². The Kier molecular flexibility index (Phi) is 8.29. The highest BCUT2D eigenvalue weighted by atomic mass is 16.5. The average molecular weight is 322 g/mol. The van der Waals surface area contributed by atoms with E-state index in [0.29, 0.717) is 13.2 Å². The predicted molar refractivity (Wildman–Crippen MR) is 87.6 cm³/mol. The van der Waals surface area contributed by atoms with Crippen LogP contribution in [-0.2, 0) is 32.2 Å². The molecule has 1 aromatic rings. The van der Waals surface area contributed by atoms with Crippen molar-refractivity contribution in [2.45, 2.75) is 33.0 Å². The highest BCUT2D eigenvalue weighted by molar-refractivity contribution is 5.88. The molecule has 0 saturated heterocycles. The lowest BCUT2D eigenvalue weighted by Gasteiger charge is -2.22. The number of ether oxygens (including phenoxy) is 2. The van der Waals surface area contributed by atoms with Crippen LogP contribution in [0.3, 0.4) is 0 Å². The maximum atomic E-state index is 12.4. The van der Waals surface area contributed by atoms with Gasteiger partial charge in [0.15, 0.2) is 0 Å². The van der Waals surface area contributed by atoms with Crippen LogP contribution in [0.1, 0.15) is 25.0 Å². The summed E-state index contributed by atoms with van der Waals surface area (Å²) < 4.78 is 9.94. The highest BCUT2D eigenvalue weighted by Gasteiger charge is 2.23. The first-order chi connectivity index (χ1) is 11.0. The number of benzene rings is 1. The largest absolute Gasteiger partial charge is 0.380 e.